The van der Waals surface area contributed by atoms with E-state index >= 15 is 0 Å². The normalized spacial score (nSPS) is 17.2. The molecular weight excluding hydrogens is 360 g/mol. The Hall–Kier alpha value is -3.35. The standard InChI is InChI=1S/C21H22N2O5/c1-28-17-9-7-16(8-10-17)23-13-15(12-19(23)24)20(25)22-18(21(26)27)11-14-5-3-2-4-6-14/h2-10,15,18H,11-13H2,1H3,(H,22,25)(H,26,27)/t15-,18+/m1/s1. The lowest BCUT2D eigenvalue weighted by Gasteiger charge is -2.19. The molecule has 1 heterocycles. The van der Waals surface area contributed by atoms with Gasteiger partial charge in [-0.2, -0.15) is 0 Å². The number of hydrogen-bond donors (Lipinski definition) is 2. The van der Waals surface area contributed by atoms with Gasteiger partial charge in [0.25, 0.3) is 0 Å². The van der Waals surface area contributed by atoms with Crippen LogP contribution in [0.4, 0.5) is 5.69 Å². The first-order valence-corrected chi connectivity index (χ1v) is 8.99. The van der Waals surface area contributed by atoms with Crippen molar-refractivity contribution in [2.45, 2.75) is 18.9 Å². The average Bonchev–Trinajstić information content (AvgIpc) is 3.10. The number of carbonyl (C=O) groups excluding carboxylic acids is 2. The van der Waals surface area contributed by atoms with Gasteiger partial charge in [-0.3, -0.25) is 9.59 Å². The summed E-state index contributed by atoms with van der Waals surface area (Å²) >= 11 is 0. The number of nitrogens with zero attached hydrogens (tertiary/aromatic N) is 1. The molecule has 2 aromatic carbocycles. The summed E-state index contributed by atoms with van der Waals surface area (Å²) in [5.41, 5.74) is 1.50. The Bertz CT molecular complexity index is 851. The third kappa shape index (κ3) is 4.49. The number of hydrogen-bond acceptors (Lipinski definition) is 4. The van der Waals surface area contributed by atoms with Crippen molar-refractivity contribution >= 4 is 23.5 Å². The second-order valence-corrected chi connectivity index (χ2v) is 6.69. The minimum absolute atomic E-state index is 0.0511. The SMILES string of the molecule is COc1ccc(N2C[C@H](C(=O)N[C@@H](Cc3ccccc3)C(=O)O)CC2=O)cc1. The minimum Gasteiger partial charge on any atom is -0.497 e. The van der Waals surface area contributed by atoms with Crippen LogP contribution in [0.5, 0.6) is 5.75 Å². The van der Waals surface area contributed by atoms with Crippen LogP contribution in [0.25, 0.3) is 0 Å². The summed E-state index contributed by atoms with van der Waals surface area (Å²) in [5.74, 6) is -1.61. The molecule has 28 heavy (non-hydrogen) atoms. The molecule has 0 spiro atoms. The summed E-state index contributed by atoms with van der Waals surface area (Å²) in [7, 11) is 1.56. The van der Waals surface area contributed by atoms with Gasteiger partial charge in [0.1, 0.15) is 11.8 Å². The minimum atomic E-state index is -1.10. The first kappa shape index (κ1) is 19.4. The quantitative estimate of drug-likeness (QED) is 0.762. The number of methoxy groups -OCH3 is 1. The maximum absolute atomic E-state index is 12.6. The Labute approximate surface area is 162 Å². The van der Waals surface area contributed by atoms with E-state index in [9.17, 15) is 19.5 Å². The van der Waals surface area contributed by atoms with Gasteiger partial charge in [0.2, 0.25) is 11.8 Å². The van der Waals surface area contributed by atoms with Crippen LogP contribution in [0, 0.1) is 5.92 Å². The summed E-state index contributed by atoms with van der Waals surface area (Å²) in [6.45, 7) is 0.217. The predicted octanol–water partition coefficient (Wildman–Crippen LogP) is 1.86. The summed E-state index contributed by atoms with van der Waals surface area (Å²) < 4.78 is 5.11. The van der Waals surface area contributed by atoms with Crippen LogP contribution < -0.4 is 15.0 Å². The van der Waals surface area contributed by atoms with Crippen molar-refractivity contribution in [3.05, 3.63) is 60.2 Å². The van der Waals surface area contributed by atoms with Crippen LogP contribution in [-0.4, -0.2) is 42.6 Å². The lowest BCUT2D eigenvalue weighted by molar-refractivity contribution is -0.142. The molecule has 146 valence electrons. The van der Waals surface area contributed by atoms with E-state index in [1.807, 2.05) is 30.3 Å². The van der Waals surface area contributed by atoms with Gasteiger partial charge in [0.05, 0.1) is 13.0 Å². The number of rotatable bonds is 7. The molecule has 2 atom stereocenters. The van der Waals surface area contributed by atoms with Crippen molar-refractivity contribution in [1.29, 1.82) is 0 Å². The largest absolute Gasteiger partial charge is 0.497 e. The Kier molecular flexibility index (Phi) is 5.93. The van der Waals surface area contributed by atoms with Gasteiger partial charge >= 0.3 is 5.97 Å². The highest BCUT2D eigenvalue weighted by Gasteiger charge is 2.36. The Morgan fingerprint density at radius 3 is 2.46 bits per heavy atom. The molecule has 0 radical (unpaired) electrons. The maximum atomic E-state index is 12.6. The van der Waals surface area contributed by atoms with Crippen molar-refractivity contribution < 1.29 is 24.2 Å². The number of anilines is 1. The van der Waals surface area contributed by atoms with E-state index in [-0.39, 0.29) is 25.3 Å². The van der Waals surface area contributed by atoms with E-state index in [4.69, 9.17) is 4.74 Å². The van der Waals surface area contributed by atoms with Crippen LogP contribution in [0.3, 0.4) is 0 Å². The monoisotopic (exact) mass is 382 g/mol. The van der Waals surface area contributed by atoms with Crippen LogP contribution in [0.2, 0.25) is 0 Å². The predicted molar refractivity (Wildman–Crippen MR) is 103 cm³/mol. The number of carbonyl (C=O) groups is 3. The van der Waals surface area contributed by atoms with E-state index in [1.54, 1.807) is 31.4 Å². The maximum Gasteiger partial charge on any atom is 0.326 e. The van der Waals surface area contributed by atoms with Gasteiger partial charge in [0, 0.05) is 25.1 Å². The van der Waals surface area contributed by atoms with E-state index in [1.165, 1.54) is 4.90 Å². The summed E-state index contributed by atoms with van der Waals surface area (Å²) in [6.07, 6.45) is 0.236. The zero-order chi connectivity index (χ0) is 20.1. The van der Waals surface area contributed by atoms with Crippen molar-refractivity contribution in [2.24, 2.45) is 5.92 Å². The molecule has 1 saturated heterocycles. The fourth-order valence-electron chi connectivity index (χ4n) is 3.23. The Balaban J connectivity index is 1.64. The van der Waals surface area contributed by atoms with E-state index in [2.05, 4.69) is 5.32 Å². The van der Waals surface area contributed by atoms with Crippen LogP contribution in [0.1, 0.15) is 12.0 Å². The number of aliphatic carboxylic acids is 1. The summed E-state index contributed by atoms with van der Waals surface area (Å²) in [4.78, 5) is 38.1. The van der Waals surface area contributed by atoms with Gasteiger partial charge in [-0.25, -0.2) is 4.79 Å². The number of benzene rings is 2. The molecule has 1 aliphatic heterocycles. The second kappa shape index (κ2) is 8.56. The molecule has 0 bridgehead atoms. The number of amides is 2. The molecule has 0 aliphatic carbocycles. The second-order valence-electron chi connectivity index (χ2n) is 6.69. The highest BCUT2D eigenvalue weighted by atomic mass is 16.5. The molecule has 3 rings (SSSR count). The van der Waals surface area contributed by atoms with Crippen molar-refractivity contribution in [2.75, 3.05) is 18.6 Å². The topological polar surface area (TPSA) is 95.9 Å². The van der Waals surface area contributed by atoms with Crippen LogP contribution in [-0.2, 0) is 20.8 Å². The smallest absolute Gasteiger partial charge is 0.326 e. The molecule has 1 fully saturated rings. The third-order valence-electron chi connectivity index (χ3n) is 4.78. The van der Waals surface area contributed by atoms with Gasteiger partial charge in [-0.1, -0.05) is 30.3 Å². The summed E-state index contributed by atoms with van der Waals surface area (Å²) in [6, 6.07) is 15.1. The molecule has 0 unspecified atom stereocenters. The van der Waals surface area contributed by atoms with Crippen LogP contribution in [0.15, 0.2) is 54.6 Å². The first-order valence-electron chi connectivity index (χ1n) is 8.99. The van der Waals surface area contributed by atoms with Crippen molar-refractivity contribution in [3.8, 4) is 5.75 Å². The van der Waals surface area contributed by atoms with Crippen molar-refractivity contribution in [3.63, 3.8) is 0 Å². The fraction of sp³-hybridized carbons (Fsp3) is 0.286. The number of nitrogens with one attached hydrogen (secondary N) is 1. The van der Waals surface area contributed by atoms with E-state index < -0.39 is 23.8 Å². The fourth-order valence-corrected chi connectivity index (χ4v) is 3.23. The molecule has 1 aliphatic rings. The molecule has 2 amide bonds. The Morgan fingerprint density at radius 1 is 1.18 bits per heavy atom. The molecule has 7 heteroatoms. The summed E-state index contributed by atoms with van der Waals surface area (Å²) in [5, 5.41) is 12.0. The molecule has 0 saturated carbocycles. The number of carboxylic acid groups (broad SMARTS) is 1. The first-order chi connectivity index (χ1) is 13.5. The van der Waals surface area contributed by atoms with Gasteiger partial charge in [0.15, 0.2) is 0 Å². The molecule has 0 aromatic heterocycles. The van der Waals surface area contributed by atoms with E-state index in [0.29, 0.717) is 11.4 Å². The number of carboxylic acids is 1. The number of ether oxygens (including phenoxy) is 1. The zero-order valence-electron chi connectivity index (χ0n) is 15.5. The van der Waals surface area contributed by atoms with Crippen molar-refractivity contribution in [1.82, 2.24) is 5.32 Å². The van der Waals surface area contributed by atoms with Gasteiger partial charge in [-0.05, 0) is 29.8 Å². The average molecular weight is 382 g/mol. The lowest BCUT2D eigenvalue weighted by Crippen LogP contribution is -2.45. The highest BCUT2D eigenvalue weighted by Crippen LogP contribution is 2.27. The lowest BCUT2D eigenvalue weighted by atomic mass is 10.0. The highest BCUT2D eigenvalue weighted by molar-refractivity contribution is 6.00. The molecule has 2 N–H and O–H groups in total. The third-order valence-corrected chi connectivity index (χ3v) is 4.78. The van der Waals surface area contributed by atoms with Gasteiger partial charge in [-0.15, -0.1) is 0 Å². The van der Waals surface area contributed by atoms with Gasteiger partial charge < -0.3 is 20.1 Å². The van der Waals surface area contributed by atoms with E-state index in [0.717, 1.165) is 5.56 Å². The zero-order valence-corrected chi connectivity index (χ0v) is 15.5. The molecule has 2 aromatic rings. The molecular formula is C21H22N2O5. The Morgan fingerprint density at radius 2 is 1.86 bits per heavy atom. The van der Waals surface area contributed by atoms with Crippen LogP contribution >= 0.6 is 0 Å². The molecule has 7 nitrogen and oxygen atoms in total.